The Balaban J connectivity index is 1.91. The highest BCUT2D eigenvalue weighted by Gasteiger charge is 2.14. The number of amides is 2. The lowest BCUT2D eigenvalue weighted by Gasteiger charge is -2.08. The first-order chi connectivity index (χ1) is 11.9. The average Bonchev–Trinajstić information content (AvgIpc) is 2.61. The fraction of sp³-hybridized carbons (Fsp3) is 0.118. The number of esters is 1. The van der Waals surface area contributed by atoms with Gasteiger partial charge in [0.15, 0.2) is 6.61 Å². The summed E-state index contributed by atoms with van der Waals surface area (Å²) < 4.78 is 4.92. The maximum atomic E-state index is 11.9. The number of carbonyl (C=O) groups excluding carboxylic acids is 3. The summed E-state index contributed by atoms with van der Waals surface area (Å²) in [5, 5.41) is 5.56. The van der Waals surface area contributed by atoms with Crippen LogP contribution in [0, 0.1) is 0 Å². The molecule has 2 aromatic rings. The summed E-state index contributed by atoms with van der Waals surface area (Å²) in [6.45, 7) is -0.487. The highest BCUT2D eigenvalue weighted by Crippen LogP contribution is 2.21. The number of halogens is 2. The van der Waals surface area contributed by atoms with E-state index < -0.39 is 18.5 Å². The molecule has 8 heteroatoms. The lowest BCUT2D eigenvalue weighted by atomic mass is 10.2. The van der Waals surface area contributed by atoms with Crippen LogP contribution in [0.5, 0.6) is 0 Å². The van der Waals surface area contributed by atoms with Crippen LogP contribution in [0.25, 0.3) is 0 Å². The van der Waals surface area contributed by atoms with Gasteiger partial charge in [-0.3, -0.25) is 9.59 Å². The standard InChI is InChI=1S/C17H14Cl2N2O4/c1-20-16(23)10-2-5-12(6-3-10)21-15(22)9-25-17(24)13-8-11(18)4-7-14(13)19/h2-8H,9H2,1H3,(H,20,23)(H,21,22). The van der Waals surface area contributed by atoms with Crippen molar-refractivity contribution < 1.29 is 19.1 Å². The molecule has 0 aliphatic heterocycles. The van der Waals surface area contributed by atoms with Crippen molar-refractivity contribution in [1.82, 2.24) is 5.32 Å². The average molecular weight is 381 g/mol. The van der Waals surface area contributed by atoms with E-state index >= 15 is 0 Å². The molecule has 0 radical (unpaired) electrons. The maximum Gasteiger partial charge on any atom is 0.340 e. The highest BCUT2D eigenvalue weighted by molar-refractivity contribution is 6.35. The smallest absolute Gasteiger partial charge is 0.340 e. The molecule has 2 aromatic carbocycles. The van der Waals surface area contributed by atoms with Gasteiger partial charge in [-0.15, -0.1) is 0 Å². The number of rotatable bonds is 5. The molecule has 0 aliphatic rings. The van der Waals surface area contributed by atoms with Crippen molar-refractivity contribution in [3.05, 3.63) is 63.6 Å². The second-order valence-corrected chi connectivity index (χ2v) is 5.75. The number of benzene rings is 2. The molecule has 0 saturated heterocycles. The molecule has 6 nitrogen and oxygen atoms in total. The zero-order valence-electron chi connectivity index (χ0n) is 13.1. The number of hydrogen-bond acceptors (Lipinski definition) is 4. The van der Waals surface area contributed by atoms with Gasteiger partial charge in [0.2, 0.25) is 0 Å². The highest BCUT2D eigenvalue weighted by atomic mass is 35.5. The van der Waals surface area contributed by atoms with Crippen LogP contribution in [0.4, 0.5) is 5.69 Å². The Hall–Kier alpha value is -2.57. The quantitative estimate of drug-likeness (QED) is 0.780. The predicted molar refractivity (Wildman–Crippen MR) is 95.2 cm³/mol. The van der Waals surface area contributed by atoms with Gasteiger partial charge in [0, 0.05) is 23.3 Å². The minimum absolute atomic E-state index is 0.0805. The van der Waals surface area contributed by atoms with E-state index in [2.05, 4.69) is 10.6 Å². The second-order valence-electron chi connectivity index (χ2n) is 4.90. The van der Waals surface area contributed by atoms with E-state index in [0.29, 0.717) is 16.3 Å². The first kappa shape index (κ1) is 18.8. The first-order valence-electron chi connectivity index (χ1n) is 7.15. The van der Waals surface area contributed by atoms with Crippen LogP contribution < -0.4 is 10.6 Å². The summed E-state index contributed by atoms with van der Waals surface area (Å²) in [7, 11) is 1.53. The summed E-state index contributed by atoms with van der Waals surface area (Å²) >= 11 is 11.7. The third-order valence-corrected chi connectivity index (χ3v) is 3.71. The summed E-state index contributed by atoms with van der Waals surface area (Å²) in [6, 6.07) is 10.6. The van der Waals surface area contributed by atoms with Crippen molar-refractivity contribution in [3.8, 4) is 0 Å². The molecular weight excluding hydrogens is 367 g/mol. The van der Waals surface area contributed by atoms with Crippen LogP contribution in [0.1, 0.15) is 20.7 Å². The largest absolute Gasteiger partial charge is 0.452 e. The van der Waals surface area contributed by atoms with Crippen LogP contribution in [0.15, 0.2) is 42.5 Å². The molecule has 0 unspecified atom stereocenters. The van der Waals surface area contributed by atoms with E-state index in [1.807, 2.05) is 0 Å². The van der Waals surface area contributed by atoms with Crippen LogP contribution >= 0.6 is 23.2 Å². The Morgan fingerprint density at radius 2 is 1.72 bits per heavy atom. The zero-order chi connectivity index (χ0) is 18.4. The van der Waals surface area contributed by atoms with Gasteiger partial charge in [-0.2, -0.15) is 0 Å². The minimum Gasteiger partial charge on any atom is -0.452 e. The normalized spacial score (nSPS) is 10.0. The summed E-state index contributed by atoms with van der Waals surface area (Å²) in [6.07, 6.45) is 0. The van der Waals surface area contributed by atoms with Crippen molar-refractivity contribution in [2.45, 2.75) is 0 Å². The number of hydrogen-bond donors (Lipinski definition) is 2. The Bertz CT molecular complexity index is 807. The molecule has 0 saturated carbocycles. The molecule has 2 amide bonds. The Morgan fingerprint density at radius 1 is 1.04 bits per heavy atom. The monoisotopic (exact) mass is 380 g/mol. The van der Waals surface area contributed by atoms with Crippen molar-refractivity contribution in [2.24, 2.45) is 0 Å². The molecule has 0 atom stereocenters. The van der Waals surface area contributed by atoms with Crippen molar-refractivity contribution >= 4 is 46.7 Å². The fourth-order valence-electron chi connectivity index (χ4n) is 1.91. The number of anilines is 1. The molecule has 0 heterocycles. The van der Waals surface area contributed by atoms with E-state index in [-0.39, 0.29) is 16.5 Å². The van der Waals surface area contributed by atoms with Gasteiger partial charge >= 0.3 is 5.97 Å². The zero-order valence-corrected chi connectivity index (χ0v) is 14.6. The molecular formula is C17H14Cl2N2O4. The SMILES string of the molecule is CNC(=O)c1ccc(NC(=O)COC(=O)c2cc(Cl)ccc2Cl)cc1. The summed E-state index contributed by atoms with van der Waals surface area (Å²) in [5.41, 5.74) is 1.01. The third-order valence-electron chi connectivity index (χ3n) is 3.14. The minimum atomic E-state index is -0.752. The number of nitrogens with one attached hydrogen (secondary N) is 2. The van der Waals surface area contributed by atoms with Crippen molar-refractivity contribution in [2.75, 3.05) is 19.0 Å². The molecule has 25 heavy (non-hydrogen) atoms. The Morgan fingerprint density at radius 3 is 2.36 bits per heavy atom. The van der Waals surface area contributed by atoms with Gasteiger partial charge in [0.1, 0.15) is 0 Å². The second kappa shape index (κ2) is 8.50. The molecule has 0 spiro atoms. The lowest BCUT2D eigenvalue weighted by Crippen LogP contribution is -2.21. The predicted octanol–water partition coefficient (Wildman–Crippen LogP) is 3.15. The van der Waals surface area contributed by atoms with Crippen LogP contribution in [-0.2, 0) is 9.53 Å². The molecule has 2 rings (SSSR count). The third kappa shape index (κ3) is 5.20. The fourth-order valence-corrected chi connectivity index (χ4v) is 2.28. The summed E-state index contributed by atoms with van der Waals surface area (Å²) in [4.78, 5) is 35.2. The van der Waals surface area contributed by atoms with Gasteiger partial charge < -0.3 is 15.4 Å². The van der Waals surface area contributed by atoms with E-state index in [4.69, 9.17) is 27.9 Å². The van der Waals surface area contributed by atoms with Gasteiger partial charge in [0.05, 0.1) is 10.6 Å². The summed E-state index contributed by atoms with van der Waals surface area (Å²) in [5.74, 6) is -1.51. The van der Waals surface area contributed by atoms with E-state index in [1.54, 1.807) is 24.3 Å². The molecule has 0 fully saturated rings. The maximum absolute atomic E-state index is 11.9. The van der Waals surface area contributed by atoms with Crippen LogP contribution in [0.3, 0.4) is 0 Å². The number of ether oxygens (including phenoxy) is 1. The Labute approximate surface area is 154 Å². The van der Waals surface area contributed by atoms with Crippen molar-refractivity contribution in [1.29, 1.82) is 0 Å². The van der Waals surface area contributed by atoms with Crippen LogP contribution in [0.2, 0.25) is 10.0 Å². The topological polar surface area (TPSA) is 84.5 Å². The number of carbonyl (C=O) groups is 3. The molecule has 0 aromatic heterocycles. The van der Waals surface area contributed by atoms with Gasteiger partial charge in [-0.05, 0) is 42.5 Å². The molecule has 0 bridgehead atoms. The van der Waals surface area contributed by atoms with Gasteiger partial charge in [0.25, 0.3) is 11.8 Å². The van der Waals surface area contributed by atoms with Gasteiger partial charge in [-0.25, -0.2) is 4.79 Å². The molecule has 0 aliphatic carbocycles. The first-order valence-corrected chi connectivity index (χ1v) is 7.90. The molecule has 130 valence electrons. The van der Waals surface area contributed by atoms with E-state index in [1.165, 1.54) is 25.2 Å². The lowest BCUT2D eigenvalue weighted by molar-refractivity contribution is -0.119. The van der Waals surface area contributed by atoms with Gasteiger partial charge in [-0.1, -0.05) is 23.2 Å². The van der Waals surface area contributed by atoms with E-state index in [9.17, 15) is 14.4 Å². The molecule has 2 N–H and O–H groups in total. The van der Waals surface area contributed by atoms with Crippen LogP contribution in [-0.4, -0.2) is 31.4 Å². The van der Waals surface area contributed by atoms with E-state index in [0.717, 1.165) is 0 Å². The van der Waals surface area contributed by atoms with Crippen molar-refractivity contribution in [3.63, 3.8) is 0 Å². The Kier molecular flexibility index (Phi) is 6.38.